The van der Waals surface area contributed by atoms with Gasteiger partial charge in [-0.2, -0.15) is 13.2 Å². The lowest BCUT2D eigenvalue weighted by Gasteiger charge is -2.09. The van der Waals surface area contributed by atoms with Crippen molar-refractivity contribution >= 4 is 27.3 Å². The second-order valence-corrected chi connectivity index (χ2v) is 5.62. The van der Waals surface area contributed by atoms with Crippen LogP contribution in [0.3, 0.4) is 0 Å². The number of hydrogen-bond donors (Lipinski definition) is 1. The summed E-state index contributed by atoms with van der Waals surface area (Å²) in [5.41, 5.74) is 0.115. The zero-order chi connectivity index (χ0) is 14.5. The number of pyridine rings is 1. The first-order chi connectivity index (χ1) is 8.72. The second-order valence-electron chi connectivity index (χ2n) is 3.40. The highest BCUT2D eigenvalue weighted by Crippen LogP contribution is 2.18. The number of sulfonamides is 1. The fourth-order valence-electron chi connectivity index (χ4n) is 1.01. The van der Waals surface area contributed by atoms with Crippen molar-refractivity contribution in [2.75, 3.05) is 23.0 Å². The number of rotatable bonds is 6. The van der Waals surface area contributed by atoms with Crippen molar-refractivity contribution < 1.29 is 26.3 Å². The molecule has 1 N–H and O–H groups in total. The van der Waals surface area contributed by atoms with Crippen LogP contribution in [0.2, 0.25) is 0 Å². The smallest absolute Gasteiger partial charge is 0.422 e. The van der Waals surface area contributed by atoms with E-state index < -0.39 is 22.8 Å². The van der Waals surface area contributed by atoms with E-state index >= 15 is 0 Å². The molecule has 0 atom stereocenters. The summed E-state index contributed by atoms with van der Waals surface area (Å²) >= 11 is 5.30. The molecule has 0 bridgehead atoms. The highest BCUT2D eigenvalue weighted by Gasteiger charge is 2.28. The summed E-state index contributed by atoms with van der Waals surface area (Å²) in [6.07, 6.45) is -3.40. The molecule has 1 heterocycles. The molecule has 0 aliphatic carbocycles. The SMILES string of the molecule is O=S(=O)(CCCl)Nc1ccc(OCC(F)(F)F)nc1. The predicted octanol–water partition coefficient (Wildman–Crippen LogP) is 2.00. The standard InChI is InChI=1S/C9H10ClF3N2O3S/c10-3-4-19(16,17)15-7-1-2-8(14-5-7)18-6-9(11,12)13/h1-2,5,15H,3-4,6H2. The van der Waals surface area contributed by atoms with Crippen LogP contribution >= 0.6 is 11.6 Å². The molecular formula is C9H10ClF3N2O3S. The maximum atomic E-state index is 11.9. The van der Waals surface area contributed by atoms with Crippen LogP contribution in [0.4, 0.5) is 18.9 Å². The van der Waals surface area contributed by atoms with Gasteiger partial charge in [-0.1, -0.05) is 0 Å². The molecular weight excluding hydrogens is 309 g/mol. The third-order valence-electron chi connectivity index (χ3n) is 1.74. The van der Waals surface area contributed by atoms with Gasteiger partial charge in [0.25, 0.3) is 0 Å². The summed E-state index contributed by atoms with van der Waals surface area (Å²) in [4.78, 5) is 3.54. The van der Waals surface area contributed by atoms with Crippen molar-refractivity contribution in [2.45, 2.75) is 6.18 Å². The van der Waals surface area contributed by atoms with E-state index in [9.17, 15) is 21.6 Å². The lowest BCUT2D eigenvalue weighted by Crippen LogP contribution is -2.20. The fraction of sp³-hybridized carbons (Fsp3) is 0.444. The highest BCUT2D eigenvalue weighted by molar-refractivity contribution is 7.92. The van der Waals surface area contributed by atoms with E-state index in [2.05, 4.69) is 14.4 Å². The van der Waals surface area contributed by atoms with Crippen molar-refractivity contribution in [3.8, 4) is 5.88 Å². The third kappa shape index (κ3) is 6.48. The summed E-state index contributed by atoms with van der Waals surface area (Å²) in [5.74, 6) is -0.603. The quantitative estimate of drug-likeness (QED) is 0.815. The number of anilines is 1. The Labute approximate surface area is 112 Å². The number of nitrogens with zero attached hydrogens (tertiary/aromatic N) is 1. The summed E-state index contributed by atoms with van der Waals surface area (Å²) in [5, 5.41) is 0. The zero-order valence-corrected chi connectivity index (χ0v) is 11.0. The van der Waals surface area contributed by atoms with Gasteiger partial charge in [0.05, 0.1) is 17.6 Å². The van der Waals surface area contributed by atoms with Crippen LogP contribution in [0.1, 0.15) is 0 Å². The molecule has 0 aliphatic rings. The molecule has 0 unspecified atom stereocenters. The Morgan fingerprint density at radius 2 is 2.05 bits per heavy atom. The average molecular weight is 319 g/mol. The summed E-state index contributed by atoms with van der Waals surface area (Å²) in [6.45, 7) is -1.46. The van der Waals surface area contributed by atoms with E-state index in [0.717, 1.165) is 12.3 Å². The van der Waals surface area contributed by atoms with Gasteiger partial charge in [0, 0.05) is 11.9 Å². The molecule has 0 fully saturated rings. The number of ether oxygens (including phenoxy) is 1. The van der Waals surface area contributed by atoms with Crippen LogP contribution in [0.5, 0.6) is 5.88 Å². The Morgan fingerprint density at radius 1 is 1.37 bits per heavy atom. The summed E-state index contributed by atoms with van der Waals surface area (Å²) in [7, 11) is -3.58. The van der Waals surface area contributed by atoms with E-state index in [1.165, 1.54) is 6.07 Å². The number of halogens is 4. The third-order valence-corrected chi connectivity index (χ3v) is 3.44. The summed E-state index contributed by atoms with van der Waals surface area (Å²) in [6, 6.07) is 2.37. The van der Waals surface area contributed by atoms with Crippen molar-refractivity contribution in [1.29, 1.82) is 0 Å². The molecule has 1 aromatic rings. The van der Waals surface area contributed by atoms with Gasteiger partial charge in [-0.3, -0.25) is 4.72 Å². The lowest BCUT2D eigenvalue weighted by molar-refractivity contribution is -0.154. The van der Waals surface area contributed by atoms with Crippen LogP contribution in [-0.4, -0.2) is 37.8 Å². The molecule has 0 aromatic carbocycles. The van der Waals surface area contributed by atoms with Gasteiger partial charge in [0.1, 0.15) is 0 Å². The Morgan fingerprint density at radius 3 is 2.53 bits per heavy atom. The Bertz CT molecular complexity index is 504. The molecule has 0 spiro atoms. The van der Waals surface area contributed by atoms with Gasteiger partial charge < -0.3 is 4.74 Å². The number of nitrogens with one attached hydrogen (secondary N) is 1. The minimum atomic E-state index is -4.46. The van der Waals surface area contributed by atoms with E-state index in [1.807, 2.05) is 0 Å². The van der Waals surface area contributed by atoms with Gasteiger partial charge in [-0.15, -0.1) is 11.6 Å². The Kier molecular flexibility index (Phi) is 5.24. The van der Waals surface area contributed by atoms with Crippen molar-refractivity contribution in [1.82, 2.24) is 4.98 Å². The molecule has 19 heavy (non-hydrogen) atoms. The molecule has 10 heteroatoms. The van der Waals surface area contributed by atoms with Crippen LogP contribution < -0.4 is 9.46 Å². The fourth-order valence-corrected chi connectivity index (χ4v) is 2.41. The van der Waals surface area contributed by atoms with Crippen LogP contribution in [0.15, 0.2) is 18.3 Å². The predicted molar refractivity (Wildman–Crippen MR) is 63.9 cm³/mol. The number of hydrogen-bond acceptors (Lipinski definition) is 4. The first-order valence-electron chi connectivity index (χ1n) is 4.94. The van der Waals surface area contributed by atoms with Crippen molar-refractivity contribution in [3.63, 3.8) is 0 Å². The molecule has 0 amide bonds. The monoisotopic (exact) mass is 318 g/mol. The summed E-state index contributed by atoms with van der Waals surface area (Å²) < 4.78 is 64.8. The first-order valence-corrected chi connectivity index (χ1v) is 7.12. The van der Waals surface area contributed by atoms with E-state index in [-0.39, 0.29) is 23.2 Å². The van der Waals surface area contributed by atoms with Gasteiger partial charge in [0.15, 0.2) is 6.61 Å². The molecule has 0 radical (unpaired) electrons. The highest BCUT2D eigenvalue weighted by atomic mass is 35.5. The molecule has 0 saturated heterocycles. The normalized spacial score (nSPS) is 12.2. The van der Waals surface area contributed by atoms with E-state index in [4.69, 9.17) is 11.6 Å². The zero-order valence-electron chi connectivity index (χ0n) is 9.45. The maximum absolute atomic E-state index is 11.9. The minimum Gasteiger partial charge on any atom is -0.468 e. The van der Waals surface area contributed by atoms with Crippen molar-refractivity contribution in [2.24, 2.45) is 0 Å². The average Bonchev–Trinajstić information content (AvgIpc) is 2.26. The van der Waals surface area contributed by atoms with Gasteiger partial charge in [-0.25, -0.2) is 13.4 Å². The van der Waals surface area contributed by atoms with Gasteiger partial charge in [-0.05, 0) is 6.07 Å². The molecule has 1 rings (SSSR count). The van der Waals surface area contributed by atoms with Crippen LogP contribution in [0.25, 0.3) is 0 Å². The van der Waals surface area contributed by atoms with E-state index in [1.54, 1.807) is 0 Å². The first kappa shape index (κ1) is 15.8. The van der Waals surface area contributed by atoms with Gasteiger partial charge in [0.2, 0.25) is 15.9 Å². The van der Waals surface area contributed by atoms with Crippen LogP contribution in [-0.2, 0) is 10.0 Å². The van der Waals surface area contributed by atoms with Gasteiger partial charge >= 0.3 is 6.18 Å². The van der Waals surface area contributed by atoms with Crippen molar-refractivity contribution in [3.05, 3.63) is 18.3 Å². The number of aromatic nitrogens is 1. The molecule has 108 valence electrons. The number of alkyl halides is 4. The Hall–Kier alpha value is -1.22. The van der Waals surface area contributed by atoms with Crippen LogP contribution in [0, 0.1) is 0 Å². The second kappa shape index (κ2) is 6.29. The maximum Gasteiger partial charge on any atom is 0.422 e. The molecule has 1 aromatic heterocycles. The molecule has 5 nitrogen and oxygen atoms in total. The largest absolute Gasteiger partial charge is 0.468 e. The molecule has 0 saturated carbocycles. The molecule has 0 aliphatic heterocycles. The minimum absolute atomic E-state index is 0.0739. The van der Waals surface area contributed by atoms with E-state index in [0.29, 0.717) is 0 Å². The lowest BCUT2D eigenvalue weighted by atomic mass is 10.4. The Balaban J connectivity index is 2.62. The topological polar surface area (TPSA) is 68.3 Å².